The molecule has 0 aliphatic heterocycles. The van der Waals surface area contributed by atoms with E-state index in [4.69, 9.17) is 0 Å². The Morgan fingerprint density at radius 1 is 1.33 bits per heavy atom. The first-order valence-corrected chi connectivity index (χ1v) is 5.69. The van der Waals surface area contributed by atoms with E-state index >= 15 is 0 Å². The van der Waals surface area contributed by atoms with Crippen LogP contribution in [0.4, 0.5) is 0 Å². The van der Waals surface area contributed by atoms with Gasteiger partial charge in [0.25, 0.3) is 0 Å². The van der Waals surface area contributed by atoms with Crippen molar-refractivity contribution < 1.29 is 0 Å². The third-order valence-electron chi connectivity index (χ3n) is 2.58. The van der Waals surface area contributed by atoms with Crippen LogP contribution in [0.15, 0.2) is 18.5 Å². The summed E-state index contributed by atoms with van der Waals surface area (Å²) >= 11 is 0. The first kappa shape index (κ1) is 12.2. The zero-order valence-corrected chi connectivity index (χ0v) is 10.3. The zero-order chi connectivity index (χ0) is 11.3. The Labute approximate surface area is 93.1 Å². The van der Waals surface area contributed by atoms with E-state index in [1.54, 1.807) is 0 Å². The van der Waals surface area contributed by atoms with Gasteiger partial charge >= 0.3 is 0 Å². The molecule has 0 spiro atoms. The maximum absolute atomic E-state index is 4.19. The quantitative estimate of drug-likeness (QED) is 0.801. The summed E-state index contributed by atoms with van der Waals surface area (Å²) < 4.78 is 0. The Hall–Kier alpha value is -0.890. The van der Waals surface area contributed by atoms with Crippen LogP contribution in [0.1, 0.15) is 44.7 Å². The monoisotopic (exact) mass is 206 g/mol. The molecule has 0 saturated heterocycles. The second-order valence-electron chi connectivity index (χ2n) is 4.86. The molecule has 1 aromatic heterocycles. The van der Waals surface area contributed by atoms with Gasteiger partial charge in [-0.15, -0.1) is 0 Å². The summed E-state index contributed by atoms with van der Waals surface area (Å²) in [6.45, 7) is 9.70. The van der Waals surface area contributed by atoms with Crippen LogP contribution in [0.25, 0.3) is 0 Å². The molecule has 1 aromatic rings. The highest BCUT2D eigenvalue weighted by atomic mass is 14.9. The van der Waals surface area contributed by atoms with Gasteiger partial charge in [0.05, 0.1) is 0 Å². The number of hydrogen-bond donors (Lipinski definition) is 1. The van der Waals surface area contributed by atoms with Gasteiger partial charge in [-0.3, -0.25) is 4.98 Å². The molecule has 0 unspecified atom stereocenters. The molecule has 2 nitrogen and oxygen atoms in total. The largest absolute Gasteiger partial charge is 0.308 e. The summed E-state index contributed by atoms with van der Waals surface area (Å²) in [5, 5.41) is 3.56. The van der Waals surface area contributed by atoms with Gasteiger partial charge in [0.15, 0.2) is 0 Å². The summed E-state index contributed by atoms with van der Waals surface area (Å²) in [4.78, 5) is 4.19. The van der Waals surface area contributed by atoms with Gasteiger partial charge in [-0.25, -0.2) is 0 Å². The third-order valence-corrected chi connectivity index (χ3v) is 2.58. The summed E-state index contributed by atoms with van der Waals surface area (Å²) in [7, 11) is 0. The lowest BCUT2D eigenvalue weighted by Crippen LogP contribution is -2.38. The number of nitrogens with one attached hydrogen (secondary N) is 1. The molecule has 1 heterocycles. The highest BCUT2D eigenvalue weighted by Gasteiger charge is 2.14. The van der Waals surface area contributed by atoms with E-state index in [9.17, 15) is 0 Å². The number of aryl methyl sites for hydroxylation is 1. The number of pyridine rings is 1. The number of rotatable bonds is 5. The van der Waals surface area contributed by atoms with Gasteiger partial charge in [-0.1, -0.05) is 19.4 Å². The van der Waals surface area contributed by atoms with Crippen molar-refractivity contribution in [3.8, 4) is 0 Å². The Morgan fingerprint density at radius 2 is 2.07 bits per heavy atom. The molecular formula is C13H22N2. The van der Waals surface area contributed by atoms with Crippen molar-refractivity contribution in [2.75, 3.05) is 0 Å². The number of hydrogen-bond acceptors (Lipinski definition) is 2. The van der Waals surface area contributed by atoms with Crippen LogP contribution < -0.4 is 5.32 Å². The fourth-order valence-electron chi connectivity index (χ4n) is 1.77. The van der Waals surface area contributed by atoms with E-state index in [0.29, 0.717) is 0 Å². The van der Waals surface area contributed by atoms with Crippen molar-refractivity contribution in [1.82, 2.24) is 10.3 Å². The zero-order valence-electron chi connectivity index (χ0n) is 10.3. The second kappa shape index (κ2) is 5.26. The van der Waals surface area contributed by atoms with Crippen molar-refractivity contribution in [1.29, 1.82) is 0 Å². The van der Waals surface area contributed by atoms with E-state index in [0.717, 1.165) is 6.54 Å². The van der Waals surface area contributed by atoms with Gasteiger partial charge in [0.1, 0.15) is 0 Å². The Kier molecular flexibility index (Phi) is 4.28. The van der Waals surface area contributed by atoms with Crippen molar-refractivity contribution >= 4 is 0 Å². The van der Waals surface area contributed by atoms with Gasteiger partial charge in [-0.05, 0) is 38.3 Å². The van der Waals surface area contributed by atoms with E-state index in [-0.39, 0.29) is 5.54 Å². The van der Waals surface area contributed by atoms with Crippen LogP contribution in [0.5, 0.6) is 0 Å². The molecule has 0 aromatic carbocycles. The lowest BCUT2D eigenvalue weighted by Gasteiger charge is -2.25. The fraction of sp³-hybridized carbons (Fsp3) is 0.615. The molecule has 0 saturated carbocycles. The van der Waals surface area contributed by atoms with E-state index in [1.165, 1.54) is 24.0 Å². The predicted molar refractivity (Wildman–Crippen MR) is 64.8 cm³/mol. The average Bonchev–Trinajstić information content (AvgIpc) is 2.15. The van der Waals surface area contributed by atoms with Gasteiger partial charge < -0.3 is 5.32 Å². The number of aromatic nitrogens is 1. The standard InChI is InChI=1S/C13H22N2/c1-5-6-13(3,4)15-10-12-7-11(2)8-14-9-12/h7-9,15H,5-6,10H2,1-4H3. The minimum atomic E-state index is 0.221. The summed E-state index contributed by atoms with van der Waals surface area (Å²) in [5.41, 5.74) is 2.71. The van der Waals surface area contributed by atoms with Crippen LogP contribution in [-0.2, 0) is 6.54 Å². The minimum absolute atomic E-state index is 0.221. The smallest absolute Gasteiger partial charge is 0.0313 e. The van der Waals surface area contributed by atoms with E-state index in [2.05, 4.69) is 44.1 Å². The first-order valence-electron chi connectivity index (χ1n) is 5.69. The molecule has 0 bridgehead atoms. The number of nitrogens with zero attached hydrogens (tertiary/aromatic N) is 1. The maximum Gasteiger partial charge on any atom is 0.0313 e. The second-order valence-corrected chi connectivity index (χ2v) is 4.86. The van der Waals surface area contributed by atoms with Gasteiger partial charge in [-0.2, -0.15) is 0 Å². The first-order chi connectivity index (χ1) is 7.03. The Morgan fingerprint density at radius 3 is 2.67 bits per heavy atom. The molecule has 2 heteroatoms. The molecule has 1 N–H and O–H groups in total. The molecule has 0 aliphatic carbocycles. The molecule has 84 valence electrons. The van der Waals surface area contributed by atoms with Crippen LogP contribution in [-0.4, -0.2) is 10.5 Å². The van der Waals surface area contributed by atoms with Crippen molar-refractivity contribution in [3.63, 3.8) is 0 Å². The molecule has 1 rings (SSSR count). The highest BCUT2D eigenvalue weighted by molar-refractivity contribution is 5.16. The Balaban J connectivity index is 2.49. The molecule has 0 aliphatic rings. The third kappa shape index (κ3) is 4.43. The molecule has 0 atom stereocenters. The van der Waals surface area contributed by atoms with Crippen molar-refractivity contribution in [2.45, 2.75) is 52.6 Å². The van der Waals surface area contributed by atoms with E-state index < -0.39 is 0 Å². The SMILES string of the molecule is CCCC(C)(C)NCc1cncc(C)c1. The summed E-state index contributed by atoms with van der Waals surface area (Å²) in [5.74, 6) is 0. The van der Waals surface area contributed by atoms with Crippen LogP contribution in [0, 0.1) is 6.92 Å². The topological polar surface area (TPSA) is 24.9 Å². The fourth-order valence-corrected chi connectivity index (χ4v) is 1.77. The van der Waals surface area contributed by atoms with Gasteiger partial charge in [0, 0.05) is 24.5 Å². The average molecular weight is 206 g/mol. The van der Waals surface area contributed by atoms with Gasteiger partial charge in [0.2, 0.25) is 0 Å². The molecule has 0 fully saturated rings. The normalized spacial score (nSPS) is 11.7. The highest BCUT2D eigenvalue weighted by Crippen LogP contribution is 2.12. The predicted octanol–water partition coefficient (Wildman–Crippen LogP) is 3.06. The molecular weight excluding hydrogens is 184 g/mol. The van der Waals surface area contributed by atoms with E-state index in [1.807, 2.05) is 12.4 Å². The summed E-state index contributed by atoms with van der Waals surface area (Å²) in [6, 6.07) is 2.18. The molecule has 0 amide bonds. The van der Waals surface area contributed by atoms with Crippen LogP contribution in [0.3, 0.4) is 0 Å². The lowest BCUT2D eigenvalue weighted by molar-refractivity contribution is 0.356. The summed E-state index contributed by atoms with van der Waals surface area (Å²) in [6.07, 6.45) is 6.24. The lowest BCUT2D eigenvalue weighted by atomic mass is 9.98. The van der Waals surface area contributed by atoms with Crippen LogP contribution in [0.2, 0.25) is 0 Å². The molecule has 15 heavy (non-hydrogen) atoms. The van der Waals surface area contributed by atoms with Crippen molar-refractivity contribution in [3.05, 3.63) is 29.6 Å². The Bertz CT molecular complexity index is 305. The van der Waals surface area contributed by atoms with Crippen LogP contribution >= 0.6 is 0 Å². The minimum Gasteiger partial charge on any atom is -0.308 e. The van der Waals surface area contributed by atoms with Crippen molar-refractivity contribution in [2.24, 2.45) is 0 Å². The maximum atomic E-state index is 4.19. The molecule has 0 radical (unpaired) electrons.